The highest BCUT2D eigenvalue weighted by molar-refractivity contribution is 5.85. The summed E-state index contributed by atoms with van der Waals surface area (Å²) >= 11 is 0. The fourth-order valence-corrected chi connectivity index (χ4v) is 11.8. The number of carbonyl (C=O) groups excluding carboxylic acids is 2. The van der Waals surface area contributed by atoms with Crippen molar-refractivity contribution in [3.05, 3.63) is 47.5 Å². The molecule has 262 valence electrons. The third kappa shape index (κ3) is 5.01. The number of fused-ring (bicyclic) bond motifs is 6. The van der Waals surface area contributed by atoms with Gasteiger partial charge >= 0.3 is 5.97 Å². The minimum absolute atomic E-state index is 0.0838. The van der Waals surface area contributed by atoms with Crippen molar-refractivity contribution in [3.63, 3.8) is 0 Å². The molecule has 9 nitrogen and oxygen atoms in total. The molecule has 0 radical (unpaired) electrons. The Kier molecular flexibility index (Phi) is 8.06. The van der Waals surface area contributed by atoms with Crippen molar-refractivity contribution in [2.45, 2.75) is 146 Å². The lowest BCUT2D eigenvalue weighted by molar-refractivity contribution is -0.278. The number of rotatable bonds is 7. The van der Waals surface area contributed by atoms with Gasteiger partial charge in [0.15, 0.2) is 12.1 Å². The first-order valence-electron chi connectivity index (χ1n) is 18.4. The van der Waals surface area contributed by atoms with E-state index in [0.29, 0.717) is 51.6 Å². The lowest BCUT2D eigenvalue weighted by Gasteiger charge is -2.65. The molecule has 3 aliphatic heterocycles. The molecule has 8 rings (SSSR count). The van der Waals surface area contributed by atoms with E-state index in [1.165, 1.54) is 5.56 Å². The van der Waals surface area contributed by atoms with Gasteiger partial charge in [0.2, 0.25) is 0 Å². The summed E-state index contributed by atoms with van der Waals surface area (Å²) in [5, 5.41) is 24.9. The van der Waals surface area contributed by atoms with E-state index in [4.69, 9.17) is 23.7 Å². The van der Waals surface area contributed by atoms with Crippen LogP contribution in [0.2, 0.25) is 0 Å². The van der Waals surface area contributed by atoms with Gasteiger partial charge in [-0.15, -0.1) is 0 Å². The number of aryl methyl sites for hydroxylation is 1. The number of cyclic esters (lactones) is 1. The van der Waals surface area contributed by atoms with Crippen LogP contribution in [0.1, 0.15) is 97.0 Å². The first kappa shape index (κ1) is 33.0. The highest BCUT2D eigenvalue weighted by Crippen LogP contribution is 2.70. The predicted molar refractivity (Wildman–Crippen MR) is 174 cm³/mol. The average Bonchev–Trinajstić information content (AvgIpc) is 3.72. The van der Waals surface area contributed by atoms with Crippen LogP contribution in [0.5, 0.6) is 0 Å². The van der Waals surface area contributed by atoms with Crippen molar-refractivity contribution in [2.75, 3.05) is 6.61 Å². The zero-order valence-electron chi connectivity index (χ0n) is 28.6. The van der Waals surface area contributed by atoms with E-state index in [1.54, 1.807) is 6.08 Å². The van der Waals surface area contributed by atoms with Gasteiger partial charge in [-0.1, -0.05) is 37.3 Å². The molecular formula is C39H52O9. The van der Waals surface area contributed by atoms with Crippen molar-refractivity contribution < 1.29 is 43.5 Å². The molecule has 13 atom stereocenters. The van der Waals surface area contributed by atoms with E-state index in [0.717, 1.165) is 44.0 Å². The summed E-state index contributed by atoms with van der Waals surface area (Å²) < 4.78 is 31.2. The molecule has 0 spiro atoms. The molecule has 2 saturated heterocycles. The van der Waals surface area contributed by atoms with E-state index in [9.17, 15) is 19.8 Å². The molecule has 4 aliphatic carbocycles. The van der Waals surface area contributed by atoms with Crippen LogP contribution in [0.25, 0.3) is 0 Å². The van der Waals surface area contributed by atoms with E-state index < -0.39 is 34.1 Å². The van der Waals surface area contributed by atoms with Crippen LogP contribution < -0.4 is 0 Å². The molecular weight excluding hydrogens is 612 g/mol. The van der Waals surface area contributed by atoms with Gasteiger partial charge in [0.25, 0.3) is 0 Å². The third-order valence-corrected chi connectivity index (χ3v) is 14.3. The predicted octanol–water partition coefficient (Wildman–Crippen LogP) is 5.19. The minimum atomic E-state index is -1.21. The molecule has 7 aliphatic rings. The van der Waals surface area contributed by atoms with E-state index in [2.05, 4.69) is 19.1 Å². The van der Waals surface area contributed by atoms with Crippen molar-refractivity contribution in [1.82, 2.24) is 0 Å². The molecule has 6 fully saturated rings. The SMILES string of the molecule is CC1OC(OC2CCC3(C=O)C4CCC5(C)C(C6=CC(=O)OC6)CCC5(O)C4CCC3(O)C2)CC2OC(C)(CCc3ccccc3)OC12. The molecule has 4 saturated carbocycles. The van der Waals surface area contributed by atoms with E-state index >= 15 is 0 Å². The van der Waals surface area contributed by atoms with Crippen molar-refractivity contribution in [1.29, 1.82) is 0 Å². The average molecular weight is 665 g/mol. The first-order chi connectivity index (χ1) is 22.9. The summed E-state index contributed by atoms with van der Waals surface area (Å²) in [6, 6.07) is 10.4. The maximum Gasteiger partial charge on any atom is 0.331 e. The summed E-state index contributed by atoms with van der Waals surface area (Å²) in [7, 11) is 0. The molecule has 2 N–H and O–H groups in total. The van der Waals surface area contributed by atoms with Gasteiger partial charge in [-0.2, -0.15) is 0 Å². The Hall–Kier alpha value is -2.14. The second-order valence-corrected chi connectivity index (χ2v) is 16.6. The van der Waals surface area contributed by atoms with Gasteiger partial charge in [-0.05, 0) is 101 Å². The van der Waals surface area contributed by atoms with Gasteiger partial charge in [-0.25, -0.2) is 4.79 Å². The van der Waals surface area contributed by atoms with E-state index in [1.807, 2.05) is 32.0 Å². The summed E-state index contributed by atoms with van der Waals surface area (Å²) in [4.78, 5) is 25.1. The molecule has 3 heterocycles. The Bertz CT molecular complexity index is 1450. The zero-order valence-corrected chi connectivity index (χ0v) is 28.6. The van der Waals surface area contributed by atoms with Gasteiger partial charge in [-0.3, -0.25) is 0 Å². The fourth-order valence-electron chi connectivity index (χ4n) is 11.8. The number of benzene rings is 1. The van der Waals surface area contributed by atoms with Crippen molar-refractivity contribution in [2.24, 2.45) is 28.6 Å². The number of carbonyl (C=O) groups is 2. The normalized spacial score (nSPS) is 49.7. The molecule has 0 amide bonds. The van der Waals surface area contributed by atoms with Gasteiger partial charge in [0.1, 0.15) is 19.0 Å². The largest absolute Gasteiger partial charge is 0.458 e. The maximum atomic E-state index is 13.2. The Morgan fingerprint density at radius 1 is 0.979 bits per heavy atom. The smallest absolute Gasteiger partial charge is 0.331 e. The molecule has 1 aromatic carbocycles. The molecule has 9 heteroatoms. The van der Waals surface area contributed by atoms with Gasteiger partial charge < -0.3 is 38.7 Å². The summed E-state index contributed by atoms with van der Waals surface area (Å²) in [5.41, 5.74) is -1.25. The number of esters is 1. The Balaban J connectivity index is 0.932. The molecule has 48 heavy (non-hydrogen) atoms. The van der Waals surface area contributed by atoms with Crippen LogP contribution in [0, 0.1) is 28.6 Å². The second kappa shape index (κ2) is 11.7. The van der Waals surface area contributed by atoms with Crippen LogP contribution in [0.3, 0.4) is 0 Å². The first-order valence-corrected chi connectivity index (χ1v) is 18.4. The van der Waals surface area contributed by atoms with Crippen LogP contribution in [0.15, 0.2) is 42.0 Å². The Morgan fingerprint density at radius 3 is 2.52 bits per heavy atom. The molecule has 13 unspecified atom stereocenters. The quantitative estimate of drug-likeness (QED) is 0.231. The molecule has 0 bridgehead atoms. The second-order valence-electron chi connectivity index (χ2n) is 16.6. The lowest BCUT2D eigenvalue weighted by atomic mass is 9.41. The van der Waals surface area contributed by atoms with Crippen LogP contribution >= 0.6 is 0 Å². The number of hydrogen-bond acceptors (Lipinski definition) is 9. The summed E-state index contributed by atoms with van der Waals surface area (Å²) in [6.07, 6.45) is 9.14. The number of hydrogen-bond donors (Lipinski definition) is 2. The fraction of sp³-hybridized carbons (Fsp3) is 0.744. The minimum Gasteiger partial charge on any atom is -0.458 e. The molecule has 0 aromatic heterocycles. The van der Waals surface area contributed by atoms with E-state index in [-0.39, 0.29) is 48.1 Å². The van der Waals surface area contributed by atoms with Gasteiger partial charge in [0.05, 0.1) is 34.9 Å². The standard InChI is InChI=1S/C39H52O9/c1-24-34-31(47-36(3,48-34)15-9-25-7-5-4-6-8-25)20-33(45-24)46-27-10-16-37(23-40)29-11-14-35(2)28(26-19-32(41)44-22-26)13-18-39(35,43)30(29)12-17-38(37,42)21-27/h4-8,19,23-24,27-31,33-34,42-43H,9-18,20-22H2,1-3H3. The number of aliphatic hydroxyl groups is 2. The monoisotopic (exact) mass is 664 g/mol. The number of aldehydes is 1. The lowest BCUT2D eigenvalue weighted by Crippen LogP contribution is -2.69. The topological polar surface area (TPSA) is 121 Å². The summed E-state index contributed by atoms with van der Waals surface area (Å²) in [6.45, 7) is 6.50. The maximum absolute atomic E-state index is 13.2. The Morgan fingerprint density at radius 2 is 1.77 bits per heavy atom. The molecule has 1 aromatic rings. The summed E-state index contributed by atoms with van der Waals surface area (Å²) in [5.74, 6) is -1.10. The third-order valence-electron chi connectivity index (χ3n) is 14.3. The van der Waals surface area contributed by atoms with Gasteiger partial charge in [0, 0.05) is 30.8 Å². The highest BCUT2D eigenvalue weighted by Gasteiger charge is 2.71. The number of ether oxygens (including phenoxy) is 5. The highest BCUT2D eigenvalue weighted by atomic mass is 16.8. The Labute approximate surface area is 283 Å². The van der Waals surface area contributed by atoms with Crippen LogP contribution in [-0.2, 0) is 39.7 Å². The van der Waals surface area contributed by atoms with Crippen LogP contribution in [0.4, 0.5) is 0 Å². The van der Waals surface area contributed by atoms with Crippen LogP contribution in [-0.4, -0.2) is 76.8 Å². The van der Waals surface area contributed by atoms with Crippen molar-refractivity contribution in [3.8, 4) is 0 Å². The van der Waals surface area contributed by atoms with Crippen molar-refractivity contribution >= 4 is 12.3 Å². The zero-order chi connectivity index (χ0) is 33.5.